The number of aromatic hydroxyl groups is 1. The first-order chi connectivity index (χ1) is 10.1. The minimum atomic E-state index is -0.373. The molecule has 0 unspecified atom stereocenters. The lowest BCUT2D eigenvalue weighted by Crippen LogP contribution is -2.40. The van der Waals surface area contributed by atoms with Crippen molar-refractivity contribution in [2.45, 2.75) is 25.4 Å². The Balaban J connectivity index is 1.90. The Bertz CT molecular complexity index is 689. The lowest BCUT2D eigenvalue weighted by Gasteiger charge is -2.31. The third kappa shape index (κ3) is 3.09. The minimum absolute atomic E-state index is 0.106. The second-order valence-corrected chi connectivity index (χ2v) is 5.67. The highest BCUT2D eigenvalue weighted by molar-refractivity contribution is 5.81. The maximum Gasteiger partial charge on any atom is 0.336 e. The maximum absolute atomic E-state index is 11.7. The van der Waals surface area contributed by atoms with E-state index >= 15 is 0 Å². The van der Waals surface area contributed by atoms with Gasteiger partial charge in [0.25, 0.3) is 0 Å². The first kappa shape index (κ1) is 14.1. The van der Waals surface area contributed by atoms with Gasteiger partial charge in [0.2, 0.25) is 0 Å². The van der Waals surface area contributed by atoms with Gasteiger partial charge in [0.1, 0.15) is 11.3 Å². The van der Waals surface area contributed by atoms with E-state index in [1.165, 1.54) is 6.07 Å². The Labute approximate surface area is 123 Å². The third-order valence-electron chi connectivity index (χ3n) is 4.17. The summed E-state index contributed by atoms with van der Waals surface area (Å²) in [6.07, 6.45) is 2.24. The van der Waals surface area contributed by atoms with Gasteiger partial charge in [0.15, 0.2) is 0 Å². The summed E-state index contributed by atoms with van der Waals surface area (Å²) in [7, 11) is 2.09. The Morgan fingerprint density at radius 1 is 1.33 bits per heavy atom. The SMILES string of the molecule is CN(Cc1cc(=O)oc2cc(O)ccc12)C1CCNCC1. The molecule has 1 saturated heterocycles. The van der Waals surface area contributed by atoms with Gasteiger partial charge in [0.05, 0.1) is 0 Å². The maximum atomic E-state index is 11.7. The van der Waals surface area contributed by atoms with Gasteiger partial charge < -0.3 is 14.8 Å². The van der Waals surface area contributed by atoms with Crippen molar-refractivity contribution in [2.75, 3.05) is 20.1 Å². The lowest BCUT2D eigenvalue weighted by atomic mass is 10.0. The summed E-state index contributed by atoms with van der Waals surface area (Å²) in [5.74, 6) is 0.106. The predicted molar refractivity (Wildman–Crippen MR) is 81.5 cm³/mol. The molecule has 0 saturated carbocycles. The van der Waals surface area contributed by atoms with Gasteiger partial charge in [-0.1, -0.05) is 0 Å². The molecule has 2 aromatic rings. The first-order valence-corrected chi connectivity index (χ1v) is 7.30. The van der Waals surface area contributed by atoms with Crippen LogP contribution in [0.5, 0.6) is 5.75 Å². The smallest absolute Gasteiger partial charge is 0.336 e. The molecule has 0 bridgehead atoms. The van der Waals surface area contributed by atoms with E-state index in [2.05, 4.69) is 17.3 Å². The molecule has 0 radical (unpaired) electrons. The largest absolute Gasteiger partial charge is 0.508 e. The molecule has 0 aliphatic carbocycles. The fourth-order valence-electron chi connectivity index (χ4n) is 2.99. The van der Waals surface area contributed by atoms with Gasteiger partial charge in [-0.05, 0) is 50.7 Å². The number of piperidine rings is 1. The monoisotopic (exact) mass is 288 g/mol. The highest BCUT2D eigenvalue weighted by Crippen LogP contribution is 2.23. The zero-order valence-electron chi connectivity index (χ0n) is 12.1. The van der Waals surface area contributed by atoms with E-state index in [1.807, 2.05) is 0 Å². The lowest BCUT2D eigenvalue weighted by molar-refractivity contribution is 0.192. The zero-order valence-corrected chi connectivity index (χ0v) is 12.1. The Morgan fingerprint density at radius 3 is 2.86 bits per heavy atom. The number of hydrogen-bond donors (Lipinski definition) is 2. The average Bonchev–Trinajstić information content (AvgIpc) is 2.47. The fraction of sp³-hybridized carbons (Fsp3) is 0.438. The van der Waals surface area contributed by atoms with Crippen LogP contribution in [0.3, 0.4) is 0 Å². The number of rotatable bonds is 3. The highest BCUT2D eigenvalue weighted by atomic mass is 16.4. The molecule has 21 heavy (non-hydrogen) atoms. The number of nitrogens with zero attached hydrogens (tertiary/aromatic N) is 1. The van der Waals surface area contributed by atoms with Crippen molar-refractivity contribution in [3.05, 3.63) is 40.2 Å². The molecule has 1 aliphatic rings. The van der Waals surface area contributed by atoms with Crippen molar-refractivity contribution in [1.29, 1.82) is 0 Å². The van der Waals surface area contributed by atoms with E-state index in [0.29, 0.717) is 18.2 Å². The number of phenolic OH excluding ortho intramolecular Hbond substituents is 1. The molecule has 2 N–H and O–H groups in total. The number of benzene rings is 1. The quantitative estimate of drug-likeness (QED) is 0.841. The van der Waals surface area contributed by atoms with E-state index in [0.717, 1.165) is 36.9 Å². The summed E-state index contributed by atoms with van der Waals surface area (Å²) in [6.45, 7) is 2.79. The van der Waals surface area contributed by atoms with Crippen LogP contribution in [-0.2, 0) is 6.54 Å². The van der Waals surface area contributed by atoms with Crippen LogP contribution in [0.25, 0.3) is 11.0 Å². The van der Waals surface area contributed by atoms with Crippen molar-refractivity contribution in [3.8, 4) is 5.75 Å². The van der Waals surface area contributed by atoms with Crippen LogP contribution in [0.4, 0.5) is 0 Å². The normalized spacial score (nSPS) is 16.7. The topological polar surface area (TPSA) is 65.7 Å². The van der Waals surface area contributed by atoms with Gasteiger partial charge >= 0.3 is 5.63 Å². The third-order valence-corrected chi connectivity index (χ3v) is 4.17. The molecule has 3 rings (SSSR count). The summed E-state index contributed by atoms with van der Waals surface area (Å²) in [4.78, 5) is 14.0. The van der Waals surface area contributed by atoms with Gasteiger partial charge in [-0.25, -0.2) is 4.79 Å². The molecule has 0 atom stereocenters. The number of nitrogens with one attached hydrogen (secondary N) is 1. The number of fused-ring (bicyclic) bond motifs is 1. The fourth-order valence-corrected chi connectivity index (χ4v) is 2.99. The zero-order chi connectivity index (χ0) is 14.8. The van der Waals surface area contributed by atoms with E-state index in [1.54, 1.807) is 18.2 Å². The molecule has 0 spiro atoms. The number of phenols is 1. The first-order valence-electron chi connectivity index (χ1n) is 7.30. The van der Waals surface area contributed by atoms with Gasteiger partial charge in [0, 0.05) is 30.1 Å². The van der Waals surface area contributed by atoms with Crippen LogP contribution in [-0.4, -0.2) is 36.2 Å². The molecule has 1 aromatic carbocycles. The van der Waals surface area contributed by atoms with Crippen LogP contribution in [0.2, 0.25) is 0 Å². The van der Waals surface area contributed by atoms with Crippen molar-refractivity contribution >= 4 is 11.0 Å². The van der Waals surface area contributed by atoms with E-state index < -0.39 is 0 Å². The Morgan fingerprint density at radius 2 is 2.10 bits per heavy atom. The summed E-state index contributed by atoms with van der Waals surface area (Å²) in [5.41, 5.74) is 1.01. The minimum Gasteiger partial charge on any atom is -0.508 e. The molecule has 112 valence electrons. The number of hydrogen-bond acceptors (Lipinski definition) is 5. The van der Waals surface area contributed by atoms with E-state index in [-0.39, 0.29) is 11.4 Å². The molecule has 5 heteroatoms. The van der Waals surface area contributed by atoms with Crippen LogP contribution >= 0.6 is 0 Å². The second-order valence-electron chi connectivity index (χ2n) is 5.67. The molecule has 0 amide bonds. The predicted octanol–water partition coefficient (Wildman–Crippen LogP) is 1.68. The molecule has 1 aromatic heterocycles. The van der Waals surface area contributed by atoms with E-state index in [9.17, 15) is 9.90 Å². The van der Waals surface area contributed by atoms with Crippen LogP contribution in [0.1, 0.15) is 18.4 Å². The van der Waals surface area contributed by atoms with Crippen LogP contribution in [0.15, 0.2) is 33.5 Å². The summed E-state index contributed by atoms with van der Waals surface area (Å²) in [6, 6.07) is 7.00. The van der Waals surface area contributed by atoms with Gasteiger partial charge in [-0.3, -0.25) is 4.90 Å². The van der Waals surface area contributed by atoms with E-state index in [4.69, 9.17) is 4.42 Å². The molecule has 1 aliphatic heterocycles. The summed E-state index contributed by atoms with van der Waals surface area (Å²) in [5, 5.41) is 13.8. The Hall–Kier alpha value is -1.85. The standard InChI is InChI=1S/C16H20N2O3/c1-18(12-4-6-17-7-5-12)10-11-8-16(20)21-15-9-13(19)2-3-14(11)15/h2-3,8-9,12,17,19H,4-7,10H2,1H3. The van der Waals surface area contributed by atoms with Crippen LogP contribution in [0, 0.1) is 0 Å². The van der Waals surface area contributed by atoms with Crippen LogP contribution < -0.4 is 10.9 Å². The Kier molecular flexibility index (Phi) is 3.94. The van der Waals surface area contributed by atoms with Crippen molar-refractivity contribution in [1.82, 2.24) is 10.2 Å². The van der Waals surface area contributed by atoms with Crippen molar-refractivity contribution < 1.29 is 9.52 Å². The molecular weight excluding hydrogens is 268 g/mol. The summed E-state index contributed by atoms with van der Waals surface area (Å²) >= 11 is 0. The molecular formula is C16H20N2O3. The molecule has 5 nitrogen and oxygen atoms in total. The average molecular weight is 288 g/mol. The molecule has 2 heterocycles. The second kappa shape index (κ2) is 5.87. The van der Waals surface area contributed by atoms with Gasteiger partial charge in [-0.15, -0.1) is 0 Å². The molecule has 1 fully saturated rings. The summed E-state index contributed by atoms with van der Waals surface area (Å²) < 4.78 is 5.17. The highest BCUT2D eigenvalue weighted by Gasteiger charge is 2.19. The van der Waals surface area contributed by atoms with Gasteiger partial charge in [-0.2, -0.15) is 0 Å². The van der Waals surface area contributed by atoms with Crippen molar-refractivity contribution in [3.63, 3.8) is 0 Å². The van der Waals surface area contributed by atoms with Crippen molar-refractivity contribution in [2.24, 2.45) is 0 Å².